The molecule has 1 aliphatic heterocycles. The Morgan fingerprint density at radius 2 is 1.71 bits per heavy atom. The Morgan fingerprint density at radius 1 is 1.00 bits per heavy atom. The first-order valence-corrected chi connectivity index (χ1v) is 13.9. The maximum Gasteiger partial charge on any atom is 0.264 e. The topological polar surface area (TPSA) is 114 Å². The van der Waals surface area contributed by atoms with Crippen LogP contribution in [0, 0.1) is 0 Å². The summed E-state index contributed by atoms with van der Waals surface area (Å²) in [6.07, 6.45) is 1.83. The fourth-order valence-corrected chi connectivity index (χ4v) is 5.55. The number of amides is 2. The number of ether oxygens (including phenoxy) is 2. The van der Waals surface area contributed by atoms with Crippen LogP contribution >= 0.6 is 0 Å². The van der Waals surface area contributed by atoms with Crippen LogP contribution in [0.3, 0.4) is 0 Å². The van der Waals surface area contributed by atoms with Gasteiger partial charge in [-0.05, 0) is 68.3 Å². The number of anilines is 2. The molecule has 3 aromatic rings. The van der Waals surface area contributed by atoms with Crippen molar-refractivity contribution in [3.05, 3.63) is 84.4 Å². The van der Waals surface area contributed by atoms with Gasteiger partial charge in [-0.2, -0.15) is 0 Å². The molecule has 1 saturated heterocycles. The second-order valence-corrected chi connectivity index (χ2v) is 10.6. The summed E-state index contributed by atoms with van der Waals surface area (Å²) < 4.78 is 39.2. The fraction of sp³-hybridized carbons (Fsp3) is 0.286. The van der Waals surface area contributed by atoms with Gasteiger partial charge in [0.25, 0.3) is 15.9 Å². The van der Waals surface area contributed by atoms with Gasteiger partial charge in [0, 0.05) is 13.2 Å². The second kappa shape index (κ2) is 12.6. The van der Waals surface area contributed by atoms with E-state index in [4.69, 9.17) is 9.47 Å². The monoisotopic (exact) mass is 537 g/mol. The number of sulfonamides is 1. The lowest BCUT2D eigenvalue weighted by molar-refractivity contribution is -0.114. The Bertz CT molecular complexity index is 1340. The Labute approximate surface area is 222 Å². The quantitative estimate of drug-likeness (QED) is 0.384. The number of carbonyl (C=O) groups excluding carboxylic acids is 2. The van der Waals surface area contributed by atoms with Crippen LogP contribution in [-0.2, 0) is 19.6 Å². The number of para-hydroxylation sites is 2. The van der Waals surface area contributed by atoms with Crippen molar-refractivity contribution < 1.29 is 27.5 Å². The van der Waals surface area contributed by atoms with Crippen molar-refractivity contribution in [3.8, 4) is 5.75 Å². The molecule has 0 spiro atoms. The molecule has 0 aliphatic carbocycles. The van der Waals surface area contributed by atoms with Crippen molar-refractivity contribution >= 4 is 33.2 Å². The van der Waals surface area contributed by atoms with Crippen LogP contribution in [0.15, 0.2) is 83.8 Å². The standard InChI is InChI=1S/C28H31N3O6S/c1-2-36-22-14-16-24(17-15-22)38(34,35)31(21-9-4-3-5-10-21)20-27(32)30-26-13-7-6-12-25(26)28(33)29-19-23-11-8-18-37-23/h3-7,9-10,12-17,23H,2,8,11,18-20H2,1H3,(H,29,33)(H,30,32)/t23-/m1/s1. The predicted octanol–water partition coefficient (Wildman–Crippen LogP) is 3.83. The van der Waals surface area contributed by atoms with Gasteiger partial charge in [0.1, 0.15) is 12.3 Å². The van der Waals surface area contributed by atoms with E-state index in [1.165, 1.54) is 12.1 Å². The lowest BCUT2D eigenvalue weighted by Crippen LogP contribution is -2.38. The van der Waals surface area contributed by atoms with Crippen LogP contribution < -0.4 is 19.7 Å². The molecule has 0 bridgehead atoms. The third-order valence-electron chi connectivity index (χ3n) is 6.01. The van der Waals surface area contributed by atoms with Crippen LogP contribution in [0.5, 0.6) is 5.75 Å². The normalized spacial score (nSPS) is 15.0. The lowest BCUT2D eigenvalue weighted by atomic mass is 10.1. The van der Waals surface area contributed by atoms with Crippen LogP contribution in [0.4, 0.5) is 11.4 Å². The van der Waals surface area contributed by atoms with E-state index < -0.39 is 22.5 Å². The summed E-state index contributed by atoms with van der Waals surface area (Å²) in [5, 5.41) is 5.56. The van der Waals surface area contributed by atoms with Gasteiger partial charge >= 0.3 is 0 Å². The van der Waals surface area contributed by atoms with Crippen molar-refractivity contribution in [1.82, 2.24) is 5.32 Å². The number of rotatable bonds is 11. The molecule has 200 valence electrons. The maximum absolute atomic E-state index is 13.6. The number of hydrogen-bond acceptors (Lipinski definition) is 6. The summed E-state index contributed by atoms with van der Waals surface area (Å²) in [5.41, 5.74) is 0.896. The first-order chi connectivity index (χ1) is 18.4. The highest BCUT2D eigenvalue weighted by atomic mass is 32.2. The molecule has 0 aromatic heterocycles. The Morgan fingerprint density at radius 3 is 2.39 bits per heavy atom. The molecule has 3 aromatic carbocycles. The summed E-state index contributed by atoms with van der Waals surface area (Å²) in [6.45, 7) is 2.86. The molecule has 9 nitrogen and oxygen atoms in total. The second-order valence-electron chi connectivity index (χ2n) is 8.69. The molecule has 0 saturated carbocycles. The molecule has 2 N–H and O–H groups in total. The van der Waals surface area contributed by atoms with E-state index >= 15 is 0 Å². The summed E-state index contributed by atoms with van der Waals surface area (Å²) >= 11 is 0. The molecule has 2 amide bonds. The van der Waals surface area contributed by atoms with Gasteiger partial charge in [0.2, 0.25) is 5.91 Å². The van der Waals surface area contributed by atoms with E-state index in [0.29, 0.717) is 31.2 Å². The Hall–Kier alpha value is -3.89. The van der Waals surface area contributed by atoms with Crippen molar-refractivity contribution in [3.63, 3.8) is 0 Å². The minimum Gasteiger partial charge on any atom is -0.494 e. The van der Waals surface area contributed by atoms with E-state index in [-0.39, 0.29) is 28.2 Å². The smallest absolute Gasteiger partial charge is 0.264 e. The highest BCUT2D eigenvalue weighted by Crippen LogP contribution is 2.25. The van der Waals surface area contributed by atoms with Crippen molar-refractivity contribution in [1.29, 1.82) is 0 Å². The first-order valence-electron chi connectivity index (χ1n) is 12.5. The fourth-order valence-electron chi connectivity index (χ4n) is 4.13. The number of nitrogens with one attached hydrogen (secondary N) is 2. The summed E-state index contributed by atoms with van der Waals surface area (Å²) in [5.74, 6) is -0.397. The molecule has 4 rings (SSSR count). The maximum atomic E-state index is 13.6. The van der Waals surface area contributed by atoms with Gasteiger partial charge in [0.15, 0.2) is 0 Å². The number of hydrogen-bond donors (Lipinski definition) is 2. The number of benzene rings is 3. The summed E-state index contributed by atoms with van der Waals surface area (Å²) in [4.78, 5) is 26.0. The van der Waals surface area contributed by atoms with Gasteiger partial charge < -0.3 is 20.1 Å². The Kier molecular flexibility index (Phi) is 8.98. The highest BCUT2D eigenvalue weighted by molar-refractivity contribution is 7.92. The van der Waals surface area contributed by atoms with Gasteiger partial charge in [-0.3, -0.25) is 13.9 Å². The van der Waals surface area contributed by atoms with E-state index in [9.17, 15) is 18.0 Å². The summed E-state index contributed by atoms with van der Waals surface area (Å²) in [6, 6.07) is 21.0. The molecule has 1 aliphatic rings. The average Bonchev–Trinajstić information content (AvgIpc) is 3.45. The predicted molar refractivity (Wildman–Crippen MR) is 145 cm³/mol. The van der Waals surface area contributed by atoms with E-state index in [1.807, 2.05) is 6.92 Å². The van der Waals surface area contributed by atoms with Gasteiger partial charge in [0.05, 0.1) is 34.5 Å². The van der Waals surface area contributed by atoms with Gasteiger partial charge in [-0.25, -0.2) is 8.42 Å². The molecule has 1 atom stereocenters. The molecule has 1 fully saturated rings. The minimum atomic E-state index is -4.09. The zero-order valence-corrected chi connectivity index (χ0v) is 21.9. The average molecular weight is 538 g/mol. The van der Waals surface area contributed by atoms with Crippen molar-refractivity contribution in [2.45, 2.75) is 30.8 Å². The van der Waals surface area contributed by atoms with Gasteiger partial charge in [-0.15, -0.1) is 0 Å². The van der Waals surface area contributed by atoms with Crippen molar-refractivity contribution in [2.75, 3.05) is 35.9 Å². The third kappa shape index (κ3) is 6.70. The first kappa shape index (κ1) is 27.2. The Balaban J connectivity index is 1.53. The van der Waals surface area contributed by atoms with Crippen LogP contribution in [0.1, 0.15) is 30.1 Å². The van der Waals surface area contributed by atoms with E-state index in [1.54, 1.807) is 66.7 Å². The third-order valence-corrected chi connectivity index (χ3v) is 7.80. The lowest BCUT2D eigenvalue weighted by Gasteiger charge is -2.24. The molecule has 0 radical (unpaired) electrons. The van der Waals surface area contributed by atoms with E-state index in [0.717, 1.165) is 17.1 Å². The SMILES string of the molecule is CCOc1ccc(S(=O)(=O)N(CC(=O)Nc2ccccc2C(=O)NC[C@H]2CCCO2)c2ccccc2)cc1. The van der Waals surface area contributed by atoms with Crippen LogP contribution in [0.25, 0.3) is 0 Å². The van der Waals surface area contributed by atoms with Crippen molar-refractivity contribution in [2.24, 2.45) is 0 Å². The molecule has 38 heavy (non-hydrogen) atoms. The minimum absolute atomic E-state index is 0.0199. The largest absolute Gasteiger partial charge is 0.494 e. The molecule has 10 heteroatoms. The van der Waals surface area contributed by atoms with Gasteiger partial charge in [-0.1, -0.05) is 30.3 Å². The van der Waals surface area contributed by atoms with Crippen LogP contribution in [0.2, 0.25) is 0 Å². The molecule has 1 heterocycles. The number of nitrogens with zero attached hydrogens (tertiary/aromatic N) is 1. The summed E-state index contributed by atoms with van der Waals surface area (Å²) in [7, 11) is -4.09. The number of carbonyl (C=O) groups is 2. The highest BCUT2D eigenvalue weighted by Gasteiger charge is 2.28. The zero-order chi connectivity index (χ0) is 27.0. The molecular formula is C28H31N3O6S. The van der Waals surface area contributed by atoms with Crippen LogP contribution in [-0.4, -0.2) is 52.6 Å². The molecule has 0 unspecified atom stereocenters. The molecular weight excluding hydrogens is 506 g/mol. The zero-order valence-electron chi connectivity index (χ0n) is 21.1. The van der Waals surface area contributed by atoms with E-state index in [2.05, 4.69) is 10.6 Å².